The van der Waals surface area contributed by atoms with Gasteiger partial charge in [-0.05, 0) is 70.0 Å². The molecular weight excluding hydrogens is 1100 g/mol. The number of carbonyl (C=O) groups is 6. The van der Waals surface area contributed by atoms with Crippen LogP contribution in [-0.2, 0) is 9.47 Å². The topological polar surface area (TPSA) is 219 Å². The molecular formula is C47H34Br4N4O10+2. The van der Waals surface area contributed by atoms with E-state index in [9.17, 15) is 39.0 Å². The number of phenolic OH excluding ortho intramolecular Hbond substituents is 2. The highest BCUT2D eigenvalue weighted by molar-refractivity contribution is 9.11. The van der Waals surface area contributed by atoms with Crippen LogP contribution >= 0.6 is 63.7 Å². The molecule has 0 fully saturated rings. The molecule has 2 atom stereocenters. The molecule has 0 saturated heterocycles. The van der Waals surface area contributed by atoms with Crippen LogP contribution in [0.15, 0.2) is 115 Å². The molecule has 6 aromatic carbocycles. The summed E-state index contributed by atoms with van der Waals surface area (Å²) in [5, 5.41) is 29.6. The van der Waals surface area contributed by atoms with E-state index < -0.39 is 47.5 Å². The van der Waals surface area contributed by atoms with Crippen LogP contribution < -0.4 is 21.3 Å². The lowest BCUT2D eigenvalue weighted by Crippen LogP contribution is -2.72. The zero-order valence-corrected chi connectivity index (χ0v) is 40.3. The maximum atomic E-state index is 13.7. The minimum Gasteiger partial charge on any atom is -0.507 e. The van der Waals surface area contributed by atoms with E-state index in [1.54, 1.807) is 109 Å². The van der Waals surface area contributed by atoms with Crippen molar-refractivity contribution in [3.63, 3.8) is 0 Å². The van der Waals surface area contributed by atoms with Gasteiger partial charge < -0.3 is 30.3 Å². The Labute approximate surface area is 403 Å². The number of amides is 2. The van der Waals surface area contributed by atoms with Gasteiger partial charge in [0.05, 0.1) is 37.9 Å². The Kier molecular flexibility index (Phi) is 12.9. The van der Waals surface area contributed by atoms with Gasteiger partial charge in [-0.1, -0.05) is 80.4 Å². The third-order valence-electron chi connectivity index (χ3n) is 10.9. The Bertz CT molecular complexity index is 2870. The number of benzene rings is 6. The molecule has 2 unspecified atom stereocenters. The number of aromatic hydroxyl groups is 2. The second-order valence-corrected chi connectivity index (χ2v) is 18.4. The van der Waals surface area contributed by atoms with Crippen molar-refractivity contribution in [1.82, 2.24) is 10.6 Å². The van der Waals surface area contributed by atoms with E-state index in [1.807, 2.05) is 0 Å². The van der Waals surface area contributed by atoms with Gasteiger partial charge in [-0.15, -0.1) is 0 Å². The summed E-state index contributed by atoms with van der Waals surface area (Å²) in [6, 6.07) is 25.7. The van der Waals surface area contributed by atoms with E-state index in [1.165, 1.54) is 12.1 Å². The number of fused-ring (bicyclic) bond motifs is 4. The summed E-state index contributed by atoms with van der Waals surface area (Å²) in [4.78, 5) is 79.9. The van der Waals surface area contributed by atoms with E-state index in [2.05, 4.69) is 74.4 Å². The number of ketones is 4. The number of carbonyl (C=O) groups excluding carboxylic acids is 6. The van der Waals surface area contributed by atoms with Crippen molar-refractivity contribution in [3.8, 4) is 11.5 Å². The van der Waals surface area contributed by atoms with Gasteiger partial charge in [0.1, 0.15) is 46.5 Å². The Balaban J connectivity index is 0.892. The molecule has 8 N–H and O–H groups in total. The van der Waals surface area contributed by atoms with Crippen LogP contribution in [0.1, 0.15) is 101 Å². The summed E-state index contributed by atoms with van der Waals surface area (Å²) >= 11 is 14.2. The van der Waals surface area contributed by atoms with Crippen LogP contribution in [0.5, 0.6) is 11.5 Å². The highest BCUT2D eigenvalue weighted by Crippen LogP contribution is 2.40. The van der Waals surface area contributed by atoms with Gasteiger partial charge in [0, 0.05) is 66.6 Å². The van der Waals surface area contributed by atoms with Gasteiger partial charge >= 0.3 is 12.2 Å². The van der Waals surface area contributed by atoms with E-state index >= 15 is 0 Å². The number of rotatable bonds is 10. The van der Waals surface area contributed by atoms with Gasteiger partial charge in [-0.2, -0.15) is 0 Å². The monoisotopic (exact) mass is 1130 g/mol. The standard InChI is InChI=1S/C47H32Br4N4O10/c1-20(26-15-34(30(50)17-28(26)48)54-32-11-13-36(56)40-38(32)42(58)22-7-3-5-9-24(22)44(40)60)64-46(62)52-19-53-47(63)65-21(2)27-16-35(31(51)18-29(27)49)55-33-12-14-37(57)41-39(33)43(59)23-8-4-6-10-25(23)45(41)61/h3-18,20-21,54-57H,19H2,1-2H3,(H,52,62)(H,53,63)/p+2. The fraction of sp³-hybridized carbons (Fsp3) is 0.106. The normalized spacial score (nSPS) is 13.5. The highest BCUT2D eigenvalue weighted by Gasteiger charge is 2.37. The largest absolute Gasteiger partial charge is 0.507 e. The van der Waals surface area contributed by atoms with Crippen molar-refractivity contribution in [3.05, 3.63) is 171 Å². The van der Waals surface area contributed by atoms with Crippen LogP contribution in [0.3, 0.4) is 0 Å². The van der Waals surface area contributed by atoms with Crippen LogP contribution in [0.4, 0.5) is 32.3 Å². The molecule has 65 heavy (non-hydrogen) atoms. The first-order valence-corrected chi connectivity index (χ1v) is 22.9. The van der Waals surface area contributed by atoms with Crippen LogP contribution in [0, 0.1) is 0 Å². The zero-order chi connectivity index (χ0) is 46.4. The lowest BCUT2D eigenvalue weighted by molar-refractivity contribution is -0.480. The molecule has 2 aliphatic rings. The fourth-order valence-corrected chi connectivity index (χ4v) is 10.6. The Morgan fingerprint density at radius 3 is 1.20 bits per heavy atom. The number of ether oxygens (including phenoxy) is 2. The maximum Gasteiger partial charge on any atom is 0.409 e. The molecule has 0 saturated carbocycles. The number of hydrogen-bond donors (Lipinski definition) is 6. The third-order valence-corrected chi connectivity index (χ3v) is 13.7. The number of halogens is 4. The van der Waals surface area contributed by atoms with E-state index in [0.717, 1.165) is 0 Å². The van der Waals surface area contributed by atoms with Gasteiger partial charge in [0.2, 0.25) is 11.6 Å². The highest BCUT2D eigenvalue weighted by atomic mass is 79.9. The molecule has 0 aromatic heterocycles. The average Bonchev–Trinajstić information content (AvgIpc) is 3.27. The molecule has 14 nitrogen and oxygen atoms in total. The summed E-state index contributed by atoms with van der Waals surface area (Å²) in [5.41, 5.74) is 4.03. The van der Waals surface area contributed by atoms with Gasteiger partial charge in [0.25, 0.3) is 0 Å². The van der Waals surface area contributed by atoms with Crippen molar-refractivity contribution in [2.75, 3.05) is 6.67 Å². The quantitative estimate of drug-likeness (QED) is 0.0434. The minimum atomic E-state index is -0.850. The molecule has 0 aliphatic heterocycles. The summed E-state index contributed by atoms with van der Waals surface area (Å²) in [6.07, 6.45) is -3.33. The van der Waals surface area contributed by atoms with Crippen LogP contribution in [0.25, 0.3) is 0 Å². The molecule has 0 heterocycles. The lowest BCUT2D eigenvalue weighted by atomic mass is 9.82. The third kappa shape index (κ3) is 8.76. The average molecular weight is 1130 g/mol. The van der Waals surface area contributed by atoms with Crippen molar-refractivity contribution >= 4 is 122 Å². The summed E-state index contributed by atoms with van der Waals surface area (Å²) < 4.78 is 13.7. The van der Waals surface area contributed by atoms with Crippen LogP contribution in [0.2, 0.25) is 0 Å². The number of phenols is 2. The minimum absolute atomic E-state index is 0.0720. The number of alkyl carbamates (subject to hydrolysis) is 2. The Morgan fingerprint density at radius 1 is 0.508 bits per heavy atom. The predicted molar refractivity (Wildman–Crippen MR) is 250 cm³/mol. The Hall–Kier alpha value is -6.02. The molecule has 18 heteroatoms. The van der Waals surface area contributed by atoms with E-state index in [-0.39, 0.29) is 62.7 Å². The summed E-state index contributed by atoms with van der Waals surface area (Å²) in [5.74, 6) is -2.30. The molecule has 8 rings (SSSR count). The fourth-order valence-electron chi connectivity index (χ4n) is 7.77. The summed E-state index contributed by atoms with van der Waals surface area (Å²) in [6.45, 7) is 2.95. The number of nitrogens with two attached hydrogens (primary N) is 2. The van der Waals surface area contributed by atoms with Gasteiger partial charge in [0.15, 0.2) is 11.6 Å². The van der Waals surface area contributed by atoms with Gasteiger partial charge in [-0.3, -0.25) is 29.8 Å². The number of nitrogens with one attached hydrogen (secondary N) is 2. The molecule has 2 aliphatic carbocycles. The SMILES string of the molecule is CC(OC(=O)NCNC(=O)OC(C)c1cc([NH2+]c2ccc(O)c3c2C(=O)c2ccccc2C3=O)c(Br)cc1Br)c1cc([NH2+]c2ccc(O)c3c2C(=O)c2ccccc2C3=O)c(Br)cc1Br. The molecule has 328 valence electrons. The first-order valence-electron chi connectivity index (χ1n) is 19.7. The van der Waals surface area contributed by atoms with Gasteiger partial charge in [-0.25, -0.2) is 9.59 Å². The van der Waals surface area contributed by atoms with E-state index in [4.69, 9.17) is 9.47 Å². The molecule has 2 amide bonds. The van der Waals surface area contributed by atoms with Crippen molar-refractivity contribution in [2.45, 2.75) is 26.1 Å². The van der Waals surface area contributed by atoms with Crippen molar-refractivity contribution in [1.29, 1.82) is 0 Å². The molecule has 0 spiro atoms. The van der Waals surface area contributed by atoms with Crippen molar-refractivity contribution < 1.29 is 59.1 Å². The second-order valence-electron chi connectivity index (χ2n) is 15.0. The predicted octanol–water partition coefficient (Wildman–Crippen LogP) is 8.98. The van der Waals surface area contributed by atoms with Crippen LogP contribution in [-0.4, -0.2) is 52.2 Å². The second kappa shape index (κ2) is 18.5. The Morgan fingerprint density at radius 2 is 0.846 bits per heavy atom. The molecule has 0 radical (unpaired) electrons. The maximum absolute atomic E-state index is 13.7. The first-order chi connectivity index (χ1) is 31.0. The molecule has 6 aromatic rings. The summed E-state index contributed by atoms with van der Waals surface area (Å²) in [7, 11) is 0. The molecule has 0 bridgehead atoms. The zero-order valence-electron chi connectivity index (χ0n) is 33.9. The van der Waals surface area contributed by atoms with Crippen molar-refractivity contribution in [2.24, 2.45) is 0 Å². The lowest BCUT2D eigenvalue weighted by Gasteiger charge is -2.20. The number of hydrogen-bond acceptors (Lipinski definition) is 10. The van der Waals surface area contributed by atoms with E-state index in [0.29, 0.717) is 51.8 Å². The first kappa shape index (κ1) is 45.5. The smallest absolute Gasteiger partial charge is 0.409 e. The number of quaternary nitrogens is 2.